The topological polar surface area (TPSA) is 110 Å². The molecule has 0 saturated heterocycles. The molecule has 2 rings (SSSR count). The number of hydrazone groups is 1. The van der Waals surface area contributed by atoms with Crippen LogP contribution in [-0.2, 0) is 19.1 Å². The molecule has 9 heteroatoms. The van der Waals surface area contributed by atoms with Gasteiger partial charge in [-0.1, -0.05) is 11.6 Å². The number of pyridine rings is 1. The summed E-state index contributed by atoms with van der Waals surface area (Å²) in [6.45, 7) is 1.42. The molecule has 1 aromatic heterocycles. The van der Waals surface area contributed by atoms with Crippen LogP contribution in [0.1, 0.15) is 19.8 Å². The van der Waals surface area contributed by atoms with Crippen LogP contribution in [0.15, 0.2) is 23.4 Å². The third-order valence-electron chi connectivity index (χ3n) is 2.81. The van der Waals surface area contributed by atoms with Gasteiger partial charge in [0.25, 0.3) is 5.91 Å². The molecule has 1 aromatic rings. The van der Waals surface area contributed by atoms with Gasteiger partial charge in [0, 0.05) is 19.0 Å². The van der Waals surface area contributed by atoms with Gasteiger partial charge in [0.1, 0.15) is 5.71 Å². The Kier molecular flexibility index (Phi) is 5.05. The van der Waals surface area contributed by atoms with E-state index in [1.165, 1.54) is 13.1 Å². The highest BCUT2D eigenvalue weighted by Crippen LogP contribution is 2.17. The minimum absolute atomic E-state index is 0.0682. The van der Waals surface area contributed by atoms with Gasteiger partial charge in [-0.2, -0.15) is 5.10 Å². The summed E-state index contributed by atoms with van der Waals surface area (Å²) in [5, 5.41) is 6.24. The van der Waals surface area contributed by atoms with Gasteiger partial charge in [-0.25, -0.2) is 15.2 Å². The predicted octanol–water partition coefficient (Wildman–Crippen LogP) is 0.871. The molecule has 0 unspecified atom stereocenters. The number of carbonyl (C=O) groups is 3. The van der Waals surface area contributed by atoms with E-state index in [1.54, 1.807) is 12.1 Å². The van der Waals surface area contributed by atoms with E-state index in [0.717, 1.165) is 0 Å². The van der Waals surface area contributed by atoms with E-state index in [4.69, 9.17) is 16.3 Å². The van der Waals surface area contributed by atoms with Crippen LogP contribution < -0.4 is 10.7 Å². The van der Waals surface area contributed by atoms with Crippen molar-refractivity contribution in [2.24, 2.45) is 5.10 Å². The van der Waals surface area contributed by atoms with E-state index in [2.05, 4.69) is 20.8 Å². The first-order valence-corrected chi connectivity index (χ1v) is 6.83. The lowest BCUT2D eigenvalue weighted by molar-refractivity contribution is -0.146. The zero-order chi connectivity index (χ0) is 16.1. The fourth-order valence-electron chi connectivity index (χ4n) is 1.62. The van der Waals surface area contributed by atoms with E-state index in [0.29, 0.717) is 5.69 Å². The molecule has 0 saturated carbocycles. The molecule has 2 N–H and O–H groups in total. The third-order valence-corrected chi connectivity index (χ3v) is 3.11. The number of nitrogens with zero attached hydrogens (tertiary/aromatic N) is 2. The number of ether oxygens (including phenoxy) is 1. The van der Waals surface area contributed by atoms with Crippen LogP contribution >= 0.6 is 11.6 Å². The van der Waals surface area contributed by atoms with Crippen LogP contribution in [0.2, 0.25) is 5.15 Å². The standard InChI is InChI=1S/C13H13ClN4O4/c1-7(12(20)16-8-3-2-6-15-11(8)14)22-13(21)9-4-5-10(19)18-17-9/h2-3,6-7H,4-5H2,1H3,(H,16,20)(H,18,19)/t7-/m0/s1. The average molecular weight is 325 g/mol. The smallest absolute Gasteiger partial charge is 0.355 e. The summed E-state index contributed by atoms with van der Waals surface area (Å²) < 4.78 is 5.00. The second-order valence-corrected chi connectivity index (χ2v) is 4.83. The summed E-state index contributed by atoms with van der Waals surface area (Å²) in [6, 6.07) is 3.18. The monoisotopic (exact) mass is 324 g/mol. The molecular weight excluding hydrogens is 312 g/mol. The van der Waals surface area contributed by atoms with Crippen LogP contribution in [0, 0.1) is 0 Å². The van der Waals surface area contributed by atoms with Crippen LogP contribution in [-0.4, -0.2) is 34.6 Å². The Hall–Kier alpha value is -2.48. The Morgan fingerprint density at radius 3 is 2.86 bits per heavy atom. The van der Waals surface area contributed by atoms with E-state index in [9.17, 15) is 14.4 Å². The van der Waals surface area contributed by atoms with Crippen molar-refractivity contribution < 1.29 is 19.1 Å². The molecule has 0 fully saturated rings. The highest BCUT2D eigenvalue weighted by Gasteiger charge is 2.24. The Morgan fingerprint density at radius 2 is 2.23 bits per heavy atom. The number of anilines is 1. The summed E-state index contributed by atoms with van der Waals surface area (Å²) in [4.78, 5) is 38.5. The molecular formula is C13H13ClN4O4. The van der Waals surface area contributed by atoms with Crippen molar-refractivity contribution in [2.45, 2.75) is 25.9 Å². The van der Waals surface area contributed by atoms with Crippen molar-refractivity contribution >= 4 is 40.8 Å². The summed E-state index contributed by atoms with van der Waals surface area (Å²) in [6.07, 6.45) is 0.758. The normalized spacial score (nSPS) is 15.4. The second-order valence-electron chi connectivity index (χ2n) is 4.47. The fourth-order valence-corrected chi connectivity index (χ4v) is 1.78. The largest absolute Gasteiger partial charge is 0.448 e. The second kappa shape index (κ2) is 6.99. The van der Waals surface area contributed by atoms with Crippen molar-refractivity contribution in [2.75, 3.05) is 5.32 Å². The maximum Gasteiger partial charge on any atom is 0.355 e. The quantitative estimate of drug-likeness (QED) is 0.631. The van der Waals surface area contributed by atoms with Crippen LogP contribution in [0.4, 0.5) is 5.69 Å². The van der Waals surface area contributed by atoms with Crippen molar-refractivity contribution in [1.29, 1.82) is 0 Å². The van der Waals surface area contributed by atoms with Crippen LogP contribution in [0.3, 0.4) is 0 Å². The molecule has 1 atom stereocenters. The number of nitrogens with one attached hydrogen (secondary N) is 2. The van der Waals surface area contributed by atoms with Crippen LogP contribution in [0.25, 0.3) is 0 Å². The molecule has 116 valence electrons. The van der Waals surface area contributed by atoms with Gasteiger partial charge in [-0.3, -0.25) is 9.59 Å². The SMILES string of the molecule is C[C@H](OC(=O)C1=NNC(=O)CC1)C(=O)Nc1cccnc1Cl. The number of halogens is 1. The Bertz CT molecular complexity index is 647. The lowest BCUT2D eigenvalue weighted by Crippen LogP contribution is -2.35. The number of esters is 1. The minimum Gasteiger partial charge on any atom is -0.448 e. The number of rotatable bonds is 4. The third kappa shape index (κ3) is 4.01. The predicted molar refractivity (Wildman–Crippen MR) is 78.2 cm³/mol. The maximum absolute atomic E-state index is 12.0. The Morgan fingerprint density at radius 1 is 1.45 bits per heavy atom. The summed E-state index contributed by atoms with van der Waals surface area (Å²) in [7, 11) is 0. The van der Waals surface area contributed by atoms with Crippen molar-refractivity contribution in [3.05, 3.63) is 23.5 Å². The van der Waals surface area contributed by atoms with E-state index in [-0.39, 0.29) is 29.6 Å². The van der Waals surface area contributed by atoms with Gasteiger partial charge < -0.3 is 10.1 Å². The first kappa shape index (κ1) is 15.9. The van der Waals surface area contributed by atoms with Gasteiger partial charge in [-0.05, 0) is 19.1 Å². The Labute approximate surface area is 130 Å². The molecule has 0 aromatic carbocycles. The first-order valence-electron chi connectivity index (χ1n) is 6.45. The lowest BCUT2D eigenvalue weighted by atomic mass is 10.2. The molecule has 1 aliphatic rings. The first-order chi connectivity index (χ1) is 10.5. The molecule has 0 radical (unpaired) electrons. The lowest BCUT2D eigenvalue weighted by Gasteiger charge is -2.16. The highest BCUT2D eigenvalue weighted by molar-refractivity contribution is 6.37. The molecule has 8 nitrogen and oxygen atoms in total. The summed E-state index contributed by atoms with van der Waals surface area (Å²) >= 11 is 5.82. The van der Waals surface area contributed by atoms with Crippen molar-refractivity contribution in [3.8, 4) is 0 Å². The van der Waals surface area contributed by atoms with E-state index < -0.39 is 18.0 Å². The van der Waals surface area contributed by atoms with Gasteiger partial charge in [-0.15, -0.1) is 0 Å². The van der Waals surface area contributed by atoms with Gasteiger partial charge in [0.2, 0.25) is 5.91 Å². The van der Waals surface area contributed by atoms with E-state index >= 15 is 0 Å². The molecule has 0 bridgehead atoms. The number of amides is 2. The molecule has 0 aliphatic carbocycles. The number of carbonyl (C=O) groups excluding carboxylic acids is 3. The zero-order valence-electron chi connectivity index (χ0n) is 11.6. The molecule has 22 heavy (non-hydrogen) atoms. The summed E-state index contributed by atoms with van der Waals surface area (Å²) in [5.74, 6) is -1.57. The minimum atomic E-state index is -1.05. The van der Waals surface area contributed by atoms with Gasteiger partial charge in [0.15, 0.2) is 11.3 Å². The fraction of sp³-hybridized carbons (Fsp3) is 0.308. The molecule has 0 spiro atoms. The molecule has 1 aliphatic heterocycles. The van der Waals surface area contributed by atoms with Crippen molar-refractivity contribution in [3.63, 3.8) is 0 Å². The number of hydrogen-bond acceptors (Lipinski definition) is 6. The highest BCUT2D eigenvalue weighted by atomic mass is 35.5. The van der Waals surface area contributed by atoms with Crippen LogP contribution in [0.5, 0.6) is 0 Å². The molecule has 2 amide bonds. The number of aromatic nitrogens is 1. The van der Waals surface area contributed by atoms with Gasteiger partial charge in [0.05, 0.1) is 5.69 Å². The maximum atomic E-state index is 12.0. The molecule has 2 heterocycles. The zero-order valence-corrected chi connectivity index (χ0v) is 12.4. The summed E-state index contributed by atoms with van der Waals surface area (Å²) in [5.41, 5.74) is 2.57. The average Bonchev–Trinajstić information content (AvgIpc) is 2.50. The Balaban J connectivity index is 1.93. The van der Waals surface area contributed by atoms with Gasteiger partial charge >= 0.3 is 5.97 Å². The van der Waals surface area contributed by atoms with Crippen molar-refractivity contribution in [1.82, 2.24) is 10.4 Å². The van der Waals surface area contributed by atoms with E-state index in [1.807, 2.05) is 0 Å². The number of hydrogen-bond donors (Lipinski definition) is 2.